The minimum atomic E-state index is -2.94. The van der Waals surface area contributed by atoms with E-state index in [1.165, 1.54) is 25.3 Å². The molecule has 0 aliphatic carbocycles. The lowest BCUT2D eigenvalue weighted by molar-refractivity contribution is -0.141. The van der Waals surface area contributed by atoms with Crippen LogP contribution < -0.4 is 10.1 Å². The number of ether oxygens (including phenoxy) is 1. The number of methoxy groups -OCH3 is 1. The summed E-state index contributed by atoms with van der Waals surface area (Å²) in [6.07, 6.45) is 0.366. The molecule has 2 N–H and O–H groups in total. The van der Waals surface area contributed by atoms with E-state index in [-0.39, 0.29) is 11.6 Å². The van der Waals surface area contributed by atoms with Gasteiger partial charge in [0.15, 0.2) is 0 Å². The SMILES string of the molecule is COc1ccc(C(C)(F)F)cc1C1CC(C(=O)O)CN1. The zero-order valence-corrected chi connectivity index (χ0v) is 11.3. The van der Waals surface area contributed by atoms with E-state index in [0.717, 1.165) is 6.92 Å². The Morgan fingerprint density at radius 3 is 2.70 bits per heavy atom. The molecule has 2 unspecified atom stereocenters. The van der Waals surface area contributed by atoms with E-state index in [2.05, 4.69) is 5.32 Å². The van der Waals surface area contributed by atoms with E-state index in [1.807, 2.05) is 0 Å². The first kappa shape index (κ1) is 14.7. The molecule has 1 saturated heterocycles. The summed E-state index contributed by atoms with van der Waals surface area (Å²) >= 11 is 0. The van der Waals surface area contributed by atoms with Gasteiger partial charge in [-0.25, -0.2) is 8.78 Å². The maximum absolute atomic E-state index is 13.4. The van der Waals surface area contributed by atoms with Gasteiger partial charge in [0, 0.05) is 30.6 Å². The summed E-state index contributed by atoms with van der Waals surface area (Å²) in [5.41, 5.74) is 0.476. The minimum Gasteiger partial charge on any atom is -0.496 e. The zero-order valence-electron chi connectivity index (χ0n) is 11.3. The standard InChI is InChI=1S/C14H17F2NO3/c1-14(15,16)9-3-4-12(20-2)10(6-9)11-5-8(7-17-11)13(18)19/h3-4,6,8,11,17H,5,7H2,1-2H3,(H,18,19). The summed E-state index contributed by atoms with van der Waals surface area (Å²) in [6.45, 7) is 1.16. The Morgan fingerprint density at radius 1 is 1.50 bits per heavy atom. The first-order valence-electron chi connectivity index (χ1n) is 6.35. The van der Waals surface area contributed by atoms with Gasteiger partial charge in [-0.05, 0) is 24.6 Å². The average Bonchev–Trinajstić information content (AvgIpc) is 2.86. The van der Waals surface area contributed by atoms with Gasteiger partial charge < -0.3 is 15.2 Å². The third-order valence-corrected chi connectivity index (χ3v) is 3.59. The fraction of sp³-hybridized carbons (Fsp3) is 0.500. The highest BCUT2D eigenvalue weighted by atomic mass is 19.3. The lowest BCUT2D eigenvalue weighted by Gasteiger charge is -2.18. The Labute approximate surface area is 115 Å². The van der Waals surface area contributed by atoms with Crippen LogP contribution in [0.3, 0.4) is 0 Å². The van der Waals surface area contributed by atoms with E-state index in [4.69, 9.17) is 9.84 Å². The van der Waals surface area contributed by atoms with Gasteiger partial charge in [0.2, 0.25) is 0 Å². The molecule has 0 aromatic heterocycles. The highest BCUT2D eigenvalue weighted by molar-refractivity contribution is 5.71. The zero-order chi connectivity index (χ0) is 14.9. The molecule has 2 rings (SSSR count). The average molecular weight is 285 g/mol. The van der Waals surface area contributed by atoms with Crippen LogP contribution in [-0.4, -0.2) is 24.7 Å². The Bertz CT molecular complexity index is 514. The highest BCUT2D eigenvalue weighted by Gasteiger charge is 2.33. The van der Waals surface area contributed by atoms with Gasteiger partial charge in [-0.1, -0.05) is 0 Å². The summed E-state index contributed by atoms with van der Waals surface area (Å²) in [5.74, 6) is -3.83. The number of rotatable bonds is 4. The first-order valence-corrected chi connectivity index (χ1v) is 6.35. The summed E-state index contributed by atoms with van der Waals surface area (Å²) < 4.78 is 32.0. The molecule has 2 atom stereocenters. The maximum Gasteiger partial charge on any atom is 0.307 e. The normalized spacial score (nSPS) is 22.8. The number of hydrogen-bond donors (Lipinski definition) is 2. The topological polar surface area (TPSA) is 58.6 Å². The van der Waals surface area contributed by atoms with Crippen LogP contribution in [0.4, 0.5) is 8.78 Å². The fourth-order valence-corrected chi connectivity index (χ4v) is 2.44. The van der Waals surface area contributed by atoms with Crippen molar-refractivity contribution in [3.63, 3.8) is 0 Å². The third kappa shape index (κ3) is 2.90. The van der Waals surface area contributed by atoms with Crippen molar-refractivity contribution in [3.05, 3.63) is 29.3 Å². The number of carbonyl (C=O) groups is 1. The van der Waals surface area contributed by atoms with Gasteiger partial charge in [-0.2, -0.15) is 0 Å². The molecule has 1 aromatic carbocycles. The molecule has 6 heteroatoms. The molecule has 1 heterocycles. The molecular weight excluding hydrogens is 268 g/mol. The van der Waals surface area contributed by atoms with Crippen molar-refractivity contribution in [1.29, 1.82) is 0 Å². The van der Waals surface area contributed by atoms with Crippen LogP contribution >= 0.6 is 0 Å². The molecule has 0 bridgehead atoms. The largest absolute Gasteiger partial charge is 0.496 e. The minimum absolute atomic E-state index is 0.103. The Hall–Kier alpha value is -1.69. The molecule has 0 radical (unpaired) electrons. The summed E-state index contributed by atoms with van der Waals surface area (Å²) in [7, 11) is 1.46. The van der Waals surface area contributed by atoms with Gasteiger partial charge in [-0.15, -0.1) is 0 Å². The second kappa shape index (κ2) is 5.36. The van der Waals surface area contributed by atoms with Crippen LogP contribution in [0.5, 0.6) is 5.75 Å². The number of halogens is 2. The predicted molar refractivity (Wildman–Crippen MR) is 69.0 cm³/mol. The molecule has 0 amide bonds. The quantitative estimate of drug-likeness (QED) is 0.892. The van der Waals surface area contributed by atoms with Crippen molar-refractivity contribution in [2.24, 2.45) is 5.92 Å². The van der Waals surface area contributed by atoms with Crippen LogP contribution in [-0.2, 0) is 10.7 Å². The van der Waals surface area contributed by atoms with Crippen molar-refractivity contribution in [3.8, 4) is 5.75 Å². The number of aliphatic carboxylic acids is 1. The third-order valence-electron chi connectivity index (χ3n) is 3.59. The number of hydrogen-bond acceptors (Lipinski definition) is 3. The van der Waals surface area contributed by atoms with Crippen molar-refractivity contribution >= 4 is 5.97 Å². The summed E-state index contributed by atoms with van der Waals surface area (Å²) in [5, 5.41) is 12.0. The van der Waals surface area contributed by atoms with E-state index in [0.29, 0.717) is 24.3 Å². The maximum atomic E-state index is 13.4. The summed E-state index contributed by atoms with van der Waals surface area (Å²) in [4.78, 5) is 11.0. The Morgan fingerprint density at radius 2 is 2.20 bits per heavy atom. The number of carboxylic acids is 1. The van der Waals surface area contributed by atoms with Gasteiger partial charge in [-0.3, -0.25) is 4.79 Å². The Balaban J connectivity index is 2.32. The number of benzene rings is 1. The second-order valence-corrected chi connectivity index (χ2v) is 5.08. The molecule has 1 fully saturated rings. The Kier molecular flexibility index (Phi) is 3.94. The van der Waals surface area contributed by atoms with Crippen LogP contribution in [0.25, 0.3) is 0 Å². The van der Waals surface area contributed by atoms with Crippen molar-refractivity contribution < 1.29 is 23.4 Å². The van der Waals surface area contributed by atoms with Crippen LogP contribution in [0.1, 0.15) is 30.5 Å². The van der Waals surface area contributed by atoms with Gasteiger partial charge in [0.05, 0.1) is 13.0 Å². The molecule has 0 spiro atoms. The van der Waals surface area contributed by atoms with Crippen molar-refractivity contribution in [1.82, 2.24) is 5.32 Å². The number of carboxylic acid groups (broad SMARTS) is 1. The van der Waals surface area contributed by atoms with Crippen LogP contribution in [0, 0.1) is 5.92 Å². The molecule has 20 heavy (non-hydrogen) atoms. The fourth-order valence-electron chi connectivity index (χ4n) is 2.44. The van der Waals surface area contributed by atoms with E-state index in [1.54, 1.807) is 0 Å². The van der Waals surface area contributed by atoms with Gasteiger partial charge in [0.25, 0.3) is 5.92 Å². The van der Waals surface area contributed by atoms with Gasteiger partial charge >= 0.3 is 5.97 Å². The lowest BCUT2D eigenvalue weighted by atomic mass is 9.96. The smallest absolute Gasteiger partial charge is 0.307 e. The van der Waals surface area contributed by atoms with Gasteiger partial charge in [0.1, 0.15) is 5.75 Å². The molecule has 110 valence electrons. The van der Waals surface area contributed by atoms with Crippen molar-refractivity contribution in [2.75, 3.05) is 13.7 Å². The predicted octanol–water partition coefficient (Wildman–Crippen LogP) is 2.54. The first-order chi connectivity index (χ1) is 9.32. The second-order valence-electron chi connectivity index (χ2n) is 5.08. The number of nitrogens with one attached hydrogen (secondary N) is 1. The molecule has 1 aliphatic rings. The van der Waals surface area contributed by atoms with E-state index >= 15 is 0 Å². The highest BCUT2D eigenvalue weighted by Crippen LogP contribution is 2.37. The summed E-state index contributed by atoms with van der Waals surface area (Å²) in [6, 6.07) is 3.93. The lowest BCUT2D eigenvalue weighted by Crippen LogP contribution is -2.18. The number of alkyl halides is 2. The molecule has 0 saturated carbocycles. The van der Waals surface area contributed by atoms with E-state index < -0.39 is 17.8 Å². The van der Waals surface area contributed by atoms with Crippen LogP contribution in [0.2, 0.25) is 0 Å². The molecule has 1 aromatic rings. The van der Waals surface area contributed by atoms with Crippen LogP contribution in [0.15, 0.2) is 18.2 Å². The molecule has 1 aliphatic heterocycles. The monoisotopic (exact) mass is 285 g/mol. The molecular formula is C14H17F2NO3. The van der Waals surface area contributed by atoms with Crippen molar-refractivity contribution in [2.45, 2.75) is 25.3 Å². The molecule has 4 nitrogen and oxygen atoms in total. The van der Waals surface area contributed by atoms with E-state index in [9.17, 15) is 13.6 Å².